The number of rotatable bonds is 11. The second kappa shape index (κ2) is 12.4. The monoisotopic (exact) mass is 400 g/mol. The molecule has 0 spiro atoms. The molecule has 0 aliphatic rings. The number of nitrogens with two attached hydrogens (primary N) is 1. The van der Waals surface area contributed by atoms with Crippen LogP contribution in [-0.2, 0) is 9.53 Å². The fourth-order valence-corrected chi connectivity index (χ4v) is 2.10. The van der Waals surface area contributed by atoms with Crippen molar-refractivity contribution in [2.75, 3.05) is 19.0 Å². The minimum atomic E-state index is -0.244. The van der Waals surface area contributed by atoms with Crippen LogP contribution >= 0.6 is 0 Å². The highest BCUT2D eigenvalue weighted by molar-refractivity contribution is 6.10. The molecule has 0 atom stereocenters. The average Bonchev–Trinajstić information content (AvgIpc) is 2.70. The number of hydrogen-bond acceptors (Lipinski definition) is 7. The van der Waals surface area contributed by atoms with E-state index in [9.17, 15) is 4.79 Å². The lowest BCUT2D eigenvalue weighted by Crippen LogP contribution is -2.18. The van der Waals surface area contributed by atoms with Crippen LogP contribution in [0.4, 0.5) is 5.82 Å². The first kappa shape index (κ1) is 23.9. The predicted octanol–water partition coefficient (Wildman–Crippen LogP) is 4.13. The molecule has 7 heteroatoms. The van der Waals surface area contributed by atoms with E-state index in [1.807, 2.05) is 32.9 Å². The molecule has 0 amide bonds. The lowest BCUT2D eigenvalue weighted by molar-refractivity contribution is -0.112. The van der Waals surface area contributed by atoms with Crippen molar-refractivity contribution in [1.82, 2.24) is 9.97 Å². The highest BCUT2D eigenvalue weighted by atomic mass is 16.5. The van der Waals surface area contributed by atoms with Crippen LogP contribution in [-0.4, -0.2) is 29.5 Å². The lowest BCUT2D eigenvalue weighted by Gasteiger charge is -2.13. The Labute approximate surface area is 173 Å². The van der Waals surface area contributed by atoms with E-state index in [2.05, 4.69) is 15.3 Å². The highest BCUT2D eigenvalue weighted by Crippen LogP contribution is 2.16. The van der Waals surface area contributed by atoms with Gasteiger partial charge < -0.3 is 20.5 Å². The molecular formula is C22H32N4O3. The quantitative estimate of drug-likeness (QED) is 0.327. The molecule has 0 radical (unpaired) electrons. The molecule has 0 saturated carbocycles. The molecular weight excluding hydrogens is 368 g/mol. The van der Waals surface area contributed by atoms with Gasteiger partial charge in [0.25, 0.3) is 0 Å². The molecule has 0 unspecified atom stereocenters. The molecule has 0 fully saturated rings. The smallest absolute Gasteiger partial charge is 0.234 e. The van der Waals surface area contributed by atoms with Crippen molar-refractivity contribution in [1.29, 1.82) is 0 Å². The maximum atomic E-state index is 12.9. The van der Waals surface area contributed by atoms with Crippen molar-refractivity contribution in [3.8, 4) is 5.88 Å². The molecule has 0 aliphatic carbocycles. The van der Waals surface area contributed by atoms with Crippen molar-refractivity contribution in [3.05, 3.63) is 59.4 Å². The number of allylic oxidation sites excluding steroid dienone is 6. The fourth-order valence-electron chi connectivity index (χ4n) is 2.10. The standard InChI is InChI=1S/C22H32N4O3/c1-7-8-9-18(28-6)11-10-16(4)22(27)21(17(5)23)26-19-12-24-13-20(25-19)29-14-15(2)3/h8-13,15H,7,14,23H2,1-6H3,(H,25,26)/b9-8+,16-10+,18-11+,21-17+. The van der Waals surface area contributed by atoms with Crippen molar-refractivity contribution >= 4 is 11.6 Å². The Kier molecular flexibility index (Phi) is 10.2. The van der Waals surface area contributed by atoms with Gasteiger partial charge in [0.1, 0.15) is 11.5 Å². The van der Waals surface area contributed by atoms with Crippen LogP contribution in [0.3, 0.4) is 0 Å². The van der Waals surface area contributed by atoms with E-state index in [4.69, 9.17) is 15.2 Å². The summed E-state index contributed by atoms with van der Waals surface area (Å²) in [7, 11) is 1.58. The van der Waals surface area contributed by atoms with E-state index in [1.165, 1.54) is 12.4 Å². The lowest BCUT2D eigenvalue weighted by atomic mass is 10.1. The van der Waals surface area contributed by atoms with E-state index >= 15 is 0 Å². The number of nitrogens with one attached hydrogen (secondary N) is 1. The molecule has 29 heavy (non-hydrogen) atoms. The van der Waals surface area contributed by atoms with E-state index in [-0.39, 0.29) is 11.5 Å². The number of carbonyl (C=O) groups excluding carboxylic acids is 1. The number of aromatic nitrogens is 2. The number of methoxy groups -OCH3 is 1. The van der Waals surface area contributed by atoms with Crippen LogP contribution in [0.1, 0.15) is 41.0 Å². The summed E-state index contributed by atoms with van der Waals surface area (Å²) in [5, 5.41) is 2.97. The minimum absolute atomic E-state index is 0.241. The molecule has 0 saturated heterocycles. The molecule has 7 nitrogen and oxygen atoms in total. The Morgan fingerprint density at radius 2 is 2.00 bits per heavy atom. The SMILES string of the molecule is CC/C=C/C(=C\C=C(/C)C(=O)/C(Nc1cncc(OCC(C)C)n1)=C(/C)N)OC. The number of hydrogen-bond donors (Lipinski definition) is 2. The predicted molar refractivity (Wildman–Crippen MR) is 116 cm³/mol. The number of ether oxygens (including phenoxy) is 2. The van der Waals surface area contributed by atoms with Gasteiger partial charge in [-0.25, -0.2) is 0 Å². The van der Waals surface area contributed by atoms with E-state index in [1.54, 1.807) is 33.1 Å². The zero-order valence-electron chi connectivity index (χ0n) is 18.2. The molecule has 0 aliphatic heterocycles. The average molecular weight is 401 g/mol. The summed E-state index contributed by atoms with van der Waals surface area (Å²) in [4.78, 5) is 21.3. The van der Waals surface area contributed by atoms with Gasteiger partial charge in [0.2, 0.25) is 11.7 Å². The van der Waals surface area contributed by atoms with Gasteiger partial charge in [-0.2, -0.15) is 4.98 Å². The fraction of sp³-hybridized carbons (Fsp3) is 0.409. The van der Waals surface area contributed by atoms with Gasteiger partial charge in [-0.15, -0.1) is 0 Å². The molecule has 158 valence electrons. The maximum absolute atomic E-state index is 12.9. The zero-order valence-corrected chi connectivity index (χ0v) is 18.2. The van der Waals surface area contributed by atoms with Crippen LogP contribution in [0.2, 0.25) is 0 Å². The van der Waals surface area contributed by atoms with Gasteiger partial charge in [-0.1, -0.05) is 32.9 Å². The van der Waals surface area contributed by atoms with E-state index in [0.717, 1.165) is 6.42 Å². The zero-order chi connectivity index (χ0) is 21.8. The van der Waals surface area contributed by atoms with Crippen LogP contribution in [0, 0.1) is 5.92 Å². The maximum Gasteiger partial charge on any atom is 0.234 e. The molecule has 1 aromatic rings. The summed E-state index contributed by atoms with van der Waals surface area (Å²) in [6, 6.07) is 0. The first-order valence-electron chi connectivity index (χ1n) is 9.60. The number of carbonyl (C=O) groups is 1. The topological polar surface area (TPSA) is 99.4 Å². The van der Waals surface area contributed by atoms with Crippen LogP contribution in [0.25, 0.3) is 0 Å². The minimum Gasteiger partial charge on any atom is -0.497 e. The molecule has 0 bridgehead atoms. The Hall–Kier alpha value is -3.09. The van der Waals surface area contributed by atoms with Crippen LogP contribution in [0.15, 0.2) is 59.4 Å². The van der Waals surface area contributed by atoms with E-state index in [0.29, 0.717) is 41.3 Å². The molecule has 1 aromatic heterocycles. The Balaban J connectivity index is 3.01. The molecule has 0 aromatic carbocycles. The van der Waals surface area contributed by atoms with Crippen molar-refractivity contribution in [2.45, 2.75) is 41.0 Å². The second-order valence-corrected chi connectivity index (χ2v) is 6.89. The summed E-state index contributed by atoms with van der Waals surface area (Å²) < 4.78 is 10.9. The van der Waals surface area contributed by atoms with Gasteiger partial charge in [-0.05, 0) is 43.9 Å². The third kappa shape index (κ3) is 8.64. The summed E-state index contributed by atoms with van der Waals surface area (Å²) in [6.07, 6.45) is 11.2. The first-order chi connectivity index (χ1) is 13.8. The van der Waals surface area contributed by atoms with E-state index < -0.39 is 0 Å². The Bertz CT molecular complexity index is 804. The van der Waals surface area contributed by atoms with Crippen LogP contribution in [0.5, 0.6) is 5.88 Å². The number of anilines is 1. The van der Waals surface area contributed by atoms with Crippen molar-refractivity contribution in [2.24, 2.45) is 11.7 Å². The Morgan fingerprint density at radius 3 is 2.59 bits per heavy atom. The largest absolute Gasteiger partial charge is 0.497 e. The number of nitrogens with zero attached hydrogens (tertiary/aromatic N) is 2. The molecule has 3 N–H and O–H groups in total. The van der Waals surface area contributed by atoms with Crippen LogP contribution < -0.4 is 15.8 Å². The highest BCUT2D eigenvalue weighted by Gasteiger charge is 2.15. The van der Waals surface area contributed by atoms with Gasteiger partial charge >= 0.3 is 0 Å². The summed E-state index contributed by atoms with van der Waals surface area (Å²) >= 11 is 0. The number of ketones is 1. The Morgan fingerprint density at radius 1 is 1.28 bits per heavy atom. The summed E-state index contributed by atoms with van der Waals surface area (Å²) in [5.74, 6) is 1.54. The van der Waals surface area contributed by atoms with Crippen molar-refractivity contribution < 1.29 is 14.3 Å². The normalized spacial score (nSPS) is 13.5. The summed E-state index contributed by atoms with van der Waals surface area (Å²) in [6.45, 7) is 10.0. The number of Topliss-reactive ketones (excluding diaryl/α,β-unsaturated/α-hetero) is 1. The molecule has 1 heterocycles. The third-order valence-electron chi connectivity index (χ3n) is 3.66. The third-order valence-corrected chi connectivity index (χ3v) is 3.66. The van der Waals surface area contributed by atoms with Gasteiger partial charge in [0.15, 0.2) is 5.82 Å². The molecule has 1 rings (SSSR count). The van der Waals surface area contributed by atoms with Gasteiger partial charge in [0.05, 0.1) is 26.1 Å². The summed E-state index contributed by atoms with van der Waals surface area (Å²) in [5.41, 5.74) is 7.03. The van der Waals surface area contributed by atoms with Gasteiger partial charge in [-0.3, -0.25) is 9.78 Å². The first-order valence-corrected chi connectivity index (χ1v) is 9.60. The van der Waals surface area contributed by atoms with Crippen molar-refractivity contribution in [3.63, 3.8) is 0 Å². The second-order valence-electron chi connectivity index (χ2n) is 6.89. The van der Waals surface area contributed by atoms with Gasteiger partial charge in [0, 0.05) is 5.70 Å².